The van der Waals surface area contributed by atoms with Gasteiger partial charge < -0.3 is 14.1 Å². The maximum Gasteiger partial charge on any atom is 0.372 e. The van der Waals surface area contributed by atoms with Crippen molar-refractivity contribution in [2.75, 3.05) is 0 Å². The lowest BCUT2D eigenvalue weighted by Crippen LogP contribution is -2.20. The van der Waals surface area contributed by atoms with Gasteiger partial charge in [0.25, 0.3) is 5.56 Å². The van der Waals surface area contributed by atoms with E-state index in [1.54, 1.807) is 24.4 Å². The summed E-state index contributed by atoms with van der Waals surface area (Å²) in [5.74, 6) is -1.27. The zero-order chi connectivity index (χ0) is 14.1. The van der Waals surface area contributed by atoms with Gasteiger partial charge in [-0.05, 0) is 23.6 Å². The van der Waals surface area contributed by atoms with E-state index in [0.717, 1.165) is 5.39 Å². The first-order chi connectivity index (χ1) is 9.66. The molecule has 0 radical (unpaired) electrons. The fourth-order valence-electron chi connectivity index (χ4n) is 2.19. The highest BCUT2D eigenvalue weighted by Gasteiger charge is 2.14. The zero-order valence-corrected chi connectivity index (χ0v) is 10.4. The predicted molar refractivity (Wildman–Crippen MR) is 73.0 cm³/mol. The van der Waals surface area contributed by atoms with E-state index in [0.29, 0.717) is 10.9 Å². The van der Waals surface area contributed by atoms with Gasteiger partial charge in [-0.2, -0.15) is 0 Å². The second-order valence-electron chi connectivity index (χ2n) is 4.42. The van der Waals surface area contributed by atoms with Crippen molar-refractivity contribution in [3.8, 4) is 0 Å². The van der Waals surface area contributed by atoms with Crippen molar-refractivity contribution in [2.24, 2.45) is 0 Å². The van der Waals surface area contributed by atoms with E-state index < -0.39 is 5.97 Å². The van der Waals surface area contributed by atoms with Crippen LogP contribution in [0.25, 0.3) is 10.8 Å². The lowest BCUT2D eigenvalue weighted by Gasteiger charge is -2.06. The molecule has 5 heteroatoms. The van der Waals surface area contributed by atoms with Crippen LogP contribution in [0.2, 0.25) is 0 Å². The molecule has 100 valence electrons. The van der Waals surface area contributed by atoms with E-state index in [1.807, 2.05) is 18.2 Å². The summed E-state index contributed by atoms with van der Waals surface area (Å²) in [6.45, 7) is 0.168. The molecule has 0 amide bonds. The van der Waals surface area contributed by atoms with Gasteiger partial charge >= 0.3 is 5.97 Å². The predicted octanol–water partition coefficient (Wildman–Crippen LogP) is 2.34. The molecule has 0 saturated heterocycles. The Morgan fingerprint density at radius 1 is 1.20 bits per heavy atom. The molecule has 0 spiro atoms. The molecule has 0 aliphatic heterocycles. The van der Waals surface area contributed by atoms with E-state index in [-0.39, 0.29) is 17.9 Å². The average molecular weight is 269 g/mol. The highest BCUT2D eigenvalue weighted by molar-refractivity contribution is 5.86. The standard InChI is InChI=1S/C15H11NO4/c17-14-12-4-2-1-3-10(12)5-7-16(14)9-11-6-8-20-13(11)15(18)19/h1-8H,9H2,(H,18,19). The number of carboxylic acid groups (broad SMARTS) is 1. The molecule has 0 atom stereocenters. The Kier molecular flexibility index (Phi) is 2.87. The number of carboxylic acids is 1. The van der Waals surface area contributed by atoms with Crippen LogP contribution in [0.15, 0.2) is 58.1 Å². The molecule has 0 aliphatic rings. The molecule has 0 fully saturated rings. The van der Waals surface area contributed by atoms with Crippen LogP contribution in [0.4, 0.5) is 0 Å². The monoisotopic (exact) mass is 269 g/mol. The highest BCUT2D eigenvalue weighted by Crippen LogP contribution is 2.13. The molecule has 0 saturated carbocycles. The number of benzene rings is 1. The Balaban J connectivity index is 2.07. The third-order valence-electron chi connectivity index (χ3n) is 3.17. The van der Waals surface area contributed by atoms with Crippen LogP contribution in [0.1, 0.15) is 16.1 Å². The third-order valence-corrected chi connectivity index (χ3v) is 3.17. The summed E-state index contributed by atoms with van der Waals surface area (Å²) in [4.78, 5) is 23.3. The summed E-state index contributed by atoms with van der Waals surface area (Å²) in [6.07, 6.45) is 2.97. The molecule has 0 bridgehead atoms. The highest BCUT2D eigenvalue weighted by atomic mass is 16.4. The number of nitrogens with zero attached hydrogens (tertiary/aromatic N) is 1. The molecule has 1 N–H and O–H groups in total. The Labute approximate surface area is 113 Å². The van der Waals surface area contributed by atoms with Gasteiger partial charge in [0.05, 0.1) is 12.8 Å². The Morgan fingerprint density at radius 3 is 2.80 bits per heavy atom. The number of aromatic carboxylic acids is 1. The molecule has 0 unspecified atom stereocenters. The minimum atomic E-state index is -1.14. The van der Waals surface area contributed by atoms with Gasteiger partial charge in [0, 0.05) is 17.1 Å². The summed E-state index contributed by atoms with van der Waals surface area (Å²) in [7, 11) is 0. The van der Waals surface area contributed by atoms with Crippen LogP contribution in [0, 0.1) is 0 Å². The molecular weight excluding hydrogens is 258 g/mol. The molecular formula is C15H11NO4. The van der Waals surface area contributed by atoms with Gasteiger partial charge in [-0.15, -0.1) is 0 Å². The summed E-state index contributed by atoms with van der Waals surface area (Å²) < 4.78 is 6.38. The molecule has 3 aromatic rings. The lowest BCUT2D eigenvalue weighted by atomic mass is 10.1. The molecule has 20 heavy (non-hydrogen) atoms. The van der Waals surface area contributed by atoms with Gasteiger partial charge in [0.1, 0.15) is 0 Å². The van der Waals surface area contributed by atoms with Gasteiger partial charge in [-0.1, -0.05) is 18.2 Å². The number of furan rings is 1. The Hall–Kier alpha value is -2.82. The number of pyridine rings is 1. The maximum absolute atomic E-state index is 12.3. The molecule has 2 aromatic heterocycles. The van der Waals surface area contributed by atoms with E-state index in [1.165, 1.54) is 10.8 Å². The minimum absolute atomic E-state index is 0.134. The van der Waals surface area contributed by atoms with Gasteiger partial charge in [-0.3, -0.25) is 4.79 Å². The molecule has 1 aromatic carbocycles. The Morgan fingerprint density at radius 2 is 2.00 bits per heavy atom. The lowest BCUT2D eigenvalue weighted by molar-refractivity contribution is 0.0660. The van der Waals surface area contributed by atoms with E-state index >= 15 is 0 Å². The molecule has 5 nitrogen and oxygen atoms in total. The van der Waals surface area contributed by atoms with Crippen molar-refractivity contribution in [1.82, 2.24) is 4.57 Å². The topological polar surface area (TPSA) is 72.4 Å². The van der Waals surface area contributed by atoms with Gasteiger partial charge in [0.15, 0.2) is 0 Å². The third kappa shape index (κ3) is 1.99. The number of rotatable bonds is 3. The van der Waals surface area contributed by atoms with Crippen molar-refractivity contribution < 1.29 is 14.3 Å². The van der Waals surface area contributed by atoms with Crippen LogP contribution < -0.4 is 5.56 Å². The second kappa shape index (κ2) is 4.70. The van der Waals surface area contributed by atoms with Crippen LogP contribution in [-0.4, -0.2) is 15.6 Å². The molecule has 2 heterocycles. The van der Waals surface area contributed by atoms with Crippen molar-refractivity contribution in [2.45, 2.75) is 6.54 Å². The smallest absolute Gasteiger partial charge is 0.372 e. The normalized spacial score (nSPS) is 10.8. The number of hydrogen-bond donors (Lipinski definition) is 1. The van der Waals surface area contributed by atoms with E-state index in [2.05, 4.69) is 0 Å². The number of fused-ring (bicyclic) bond motifs is 1. The van der Waals surface area contributed by atoms with Crippen LogP contribution in [-0.2, 0) is 6.54 Å². The van der Waals surface area contributed by atoms with Crippen molar-refractivity contribution in [3.63, 3.8) is 0 Å². The fraction of sp³-hybridized carbons (Fsp3) is 0.0667. The first-order valence-electron chi connectivity index (χ1n) is 6.04. The van der Waals surface area contributed by atoms with E-state index in [4.69, 9.17) is 9.52 Å². The van der Waals surface area contributed by atoms with Crippen molar-refractivity contribution >= 4 is 16.7 Å². The Bertz CT molecular complexity index is 844. The molecule has 3 rings (SSSR count). The van der Waals surface area contributed by atoms with Crippen LogP contribution >= 0.6 is 0 Å². The van der Waals surface area contributed by atoms with Crippen LogP contribution in [0.3, 0.4) is 0 Å². The summed E-state index contributed by atoms with van der Waals surface area (Å²) in [5.41, 5.74) is 0.315. The average Bonchev–Trinajstić information content (AvgIpc) is 2.91. The SMILES string of the molecule is O=C(O)c1occc1Cn1ccc2ccccc2c1=O. The minimum Gasteiger partial charge on any atom is -0.475 e. The number of aromatic nitrogens is 1. The first kappa shape index (κ1) is 12.2. The zero-order valence-electron chi connectivity index (χ0n) is 10.4. The summed E-state index contributed by atoms with van der Waals surface area (Å²) in [5, 5.41) is 10.5. The van der Waals surface area contributed by atoms with Crippen molar-refractivity contribution in [3.05, 3.63) is 70.5 Å². The maximum atomic E-state index is 12.3. The summed E-state index contributed by atoms with van der Waals surface area (Å²) in [6, 6.07) is 10.7. The van der Waals surface area contributed by atoms with Gasteiger partial charge in [-0.25, -0.2) is 4.79 Å². The fourth-order valence-corrected chi connectivity index (χ4v) is 2.19. The molecule has 0 aliphatic carbocycles. The van der Waals surface area contributed by atoms with Crippen LogP contribution in [0.5, 0.6) is 0 Å². The first-order valence-corrected chi connectivity index (χ1v) is 6.04. The largest absolute Gasteiger partial charge is 0.475 e. The summed E-state index contributed by atoms with van der Waals surface area (Å²) >= 11 is 0. The quantitative estimate of drug-likeness (QED) is 0.792. The van der Waals surface area contributed by atoms with Gasteiger partial charge in [0.2, 0.25) is 5.76 Å². The van der Waals surface area contributed by atoms with E-state index in [9.17, 15) is 9.59 Å². The second-order valence-corrected chi connectivity index (χ2v) is 4.42. The number of hydrogen-bond acceptors (Lipinski definition) is 3. The number of carbonyl (C=O) groups is 1. The van der Waals surface area contributed by atoms with Crippen molar-refractivity contribution in [1.29, 1.82) is 0 Å².